The molecule has 0 fully saturated rings. The molecule has 0 saturated carbocycles. The van der Waals surface area contributed by atoms with Crippen LogP contribution in [-0.4, -0.2) is 24.2 Å². The first-order valence-electron chi connectivity index (χ1n) is 8.63. The third kappa shape index (κ3) is 5.09. The van der Waals surface area contributed by atoms with E-state index in [0.717, 1.165) is 11.6 Å². The molecule has 152 valence electrons. The number of anilines is 1. The van der Waals surface area contributed by atoms with Gasteiger partial charge in [0.25, 0.3) is 15.7 Å². The van der Waals surface area contributed by atoms with Crippen LogP contribution in [0.3, 0.4) is 0 Å². The van der Waals surface area contributed by atoms with E-state index >= 15 is 0 Å². The van der Waals surface area contributed by atoms with Crippen LogP contribution in [0.4, 0.5) is 11.4 Å². The number of carbonyl (C=O) groups excluding carboxylic acids is 1. The number of sulfonamides is 1. The number of nitro benzene ring substituents is 1. The maximum absolute atomic E-state index is 12.4. The molecule has 3 aromatic carbocycles. The third-order valence-electron chi connectivity index (χ3n) is 4.08. The number of ketones is 1. The molecule has 3 rings (SSSR count). The molecule has 0 aromatic heterocycles. The highest BCUT2D eigenvalue weighted by atomic mass is 32.2. The molecular weight excluding hydrogens is 408 g/mol. The van der Waals surface area contributed by atoms with Gasteiger partial charge in [-0.25, -0.2) is 8.42 Å². The van der Waals surface area contributed by atoms with Crippen LogP contribution in [0.1, 0.15) is 15.9 Å². The summed E-state index contributed by atoms with van der Waals surface area (Å²) in [5.74, 6) is -0.155. The SMILES string of the molecule is O=C(C=Cc1ccc(O)cc1)c1ccc(NS(=O)(=O)c2cccc([N+](=O)[O-])c2)cc1. The average Bonchev–Trinajstić information content (AvgIpc) is 2.73. The van der Waals surface area contributed by atoms with Crippen LogP contribution in [0.2, 0.25) is 0 Å². The fourth-order valence-electron chi connectivity index (χ4n) is 2.53. The lowest BCUT2D eigenvalue weighted by atomic mass is 10.1. The summed E-state index contributed by atoms with van der Waals surface area (Å²) < 4.78 is 27.2. The molecule has 8 nitrogen and oxygen atoms in total. The fraction of sp³-hybridized carbons (Fsp3) is 0. The minimum Gasteiger partial charge on any atom is -0.508 e. The van der Waals surface area contributed by atoms with Crippen molar-refractivity contribution in [3.8, 4) is 5.75 Å². The molecule has 0 aliphatic rings. The average molecular weight is 424 g/mol. The second-order valence-corrected chi connectivity index (χ2v) is 7.91. The Kier molecular flexibility index (Phi) is 5.93. The molecule has 0 heterocycles. The number of nitro groups is 1. The molecule has 0 unspecified atom stereocenters. The summed E-state index contributed by atoms with van der Waals surface area (Å²) in [5.41, 5.74) is 0.964. The summed E-state index contributed by atoms with van der Waals surface area (Å²) in [4.78, 5) is 22.2. The number of nitrogens with one attached hydrogen (secondary N) is 1. The zero-order valence-corrected chi connectivity index (χ0v) is 16.2. The number of aromatic hydroxyl groups is 1. The Labute approximate surface area is 172 Å². The molecule has 0 aliphatic carbocycles. The van der Waals surface area contributed by atoms with Crippen molar-refractivity contribution in [3.63, 3.8) is 0 Å². The predicted molar refractivity (Wildman–Crippen MR) is 112 cm³/mol. The topological polar surface area (TPSA) is 127 Å². The highest BCUT2D eigenvalue weighted by Gasteiger charge is 2.18. The molecule has 2 N–H and O–H groups in total. The molecule has 0 atom stereocenters. The maximum atomic E-state index is 12.4. The summed E-state index contributed by atoms with van der Waals surface area (Å²) in [6.07, 6.45) is 2.97. The second-order valence-electron chi connectivity index (χ2n) is 6.23. The van der Waals surface area contributed by atoms with E-state index < -0.39 is 14.9 Å². The van der Waals surface area contributed by atoms with Crippen molar-refractivity contribution in [2.24, 2.45) is 0 Å². The van der Waals surface area contributed by atoms with Crippen molar-refractivity contribution < 1.29 is 23.2 Å². The van der Waals surface area contributed by atoms with Crippen LogP contribution in [0.25, 0.3) is 6.08 Å². The number of phenols is 1. The van der Waals surface area contributed by atoms with Crippen LogP contribution >= 0.6 is 0 Å². The van der Waals surface area contributed by atoms with Crippen molar-refractivity contribution in [1.29, 1.82) is 0 Å². The van der Waals surface area contributed by atoms with E-state index in [1.165, 1.54) is 60.7 Å². The van der Waals surface area contributed by atoms with Gasteiger partial charge in [-0.3, -0.25) is 19.6 Å². The van der Waals surface area contributed by atoms with Crippen LogP contribution in [-0.2, 0) is 10.0 Å². The standard InChI is InChI=1S/C21H16N2O6S/c24-19-11-4-15(5-12-19)6-13-21(25)16-7-9-17(10-8-16)22-30(28,29)20-3-1-2-18(14-20)23(26)27/h1-14,22,24H. The van der Waals surface area contributed by atoms with Gasteiger partial charge >= 0.3 is 0 Å². The molecule has 0 aliphatic heterocycles. The lowest BCUT2D eigenvalue weighted by Crippen LogP contribution is -2.13. The lowest BCUT2D eigenvalue weighted by Gasteiger charge is -2.08. The molecule has 0 saturated heterocycles. The van der Waals surface area contributed by atoms with Crippen LogP contribution < -0.4 is 4.72 Å². The number of hydrogen-bond acceptors (Lipinski definition) is 6. The van der Waals surface area contributed by atoms with Gasteiger partial charge in [-0.05, 0) is 54.1 Å². The van der Waals surface area contributed by atoms with Gasteiger partial charge in [0.15, 0.2) is 5.78 Å². The molecule has 30 heavy (non-hydrogen) atoms. The Bertz CT molecular complexity index is 1220. The molecule has 0 bridgehead atoms. The predicted octanol–water partition coefficient (Wildman–Crippen LogP) is 4.00. The summed E-state index contributed by atoms with van der Waals surface area (Å²) in [5, 5.41) is 20.1. The Morgan fingerprint density at radius 2 is 1.67 bits per heavy atom. The number of carbonyl (C=O) groups is 1. The van der Waals surface area contributed by atoms with Crippen LogP contribution in [0, 0.1) is 10.1 Å². The summed E-state index contributed by atoms with van der Waals surface area (Å²) >= 11 is 0. The first-order valence-corrected chi connectivity index (χ1v) is 10.1. The number of phenolic OH excluding ortho intramolecular Hbond substituents is 1. The quantitative estimate of drug-likeness (QED) is 0.255. The highest BCUT2D eigenvalue weighted by Crippen LogP contribution is 2.21. The largest absolute Gasteiger partial charge is 0.508 e. The summed E-state index contributed by atoms with van der Waals surface area (Å²) in [6.45, 7) is 0. The van der Waals surface area contributed by atoms with E-state index in [1.807, 2.05) is 0 Å². The number of nitrogens with zero attached hydrogens (tertiary/aromatic N) is 1. The van der Waals surface area contributed by atoms with Crippen molar-refractivity contribution in [2.75, 3.05) is 4.72 Å². The molecule has 9 heteroatoms. The fourth-order valence-corrected chi connectivity index (χ4v) is 3.63. The number of allylic oxidation sites excluding steroid dienone is 1. The van der Waals surface area contributed by atoms with E-state index in [2.05, 4.69) is 4.72 Å². The van der Waals surface area contributed by atoms with Crippen molar-refractivity contribution in [2.45, 2.75) is 4.90 Å². The van der Waals surface area contributed by atoms with Crippen molar-refractivity contribution in [3.05, 3.63) is 100 Å². The van der Waals surface area contributed by atoms with Gasteiger partial charge in [0.2, 0.25) is 0 Å². The zero-order chi connectivity index (χ0) is 21.7. The van der Waals surface area contributed by atoms with E-state index in [0.29, 0.717) is 5.56 Å². The van der Waals surface area contributed by atoms with Gasteiger partial charge in [0.1, 0.15) is 5.75 Å². The first-order chi connectivity index (χ1) is 14.2. The normalized spacial score (nSPS) is 11.3. The van der Waals surface area contributed by atoms with Gasteiger partial charge < -0.3 is 5.11 Å². The molecule has 0 spiro atoms. The number of rotatable bonds is 7. The highest BCUT2D eigenvalue weighted by molar-refractivity contribution is 7.92. The van der Waals surface area contributed by atoms with E-state index in [-0.39, 0.29) is 27.8 Å². The summed E-state index contributed by atoms with van der Waals surface area (Å²) in [7, 11) is -4.03. The minimum absolute atomic E-state index is 0.127. The Morgan fingerprint density at radius 1 is 1.00 bits per heavy atom. The van der Waals surface area contributed by atoms with Gasteiger partial charge in [-0.15, -0.1) is 0 Å². The third-order valence-corrected chi connectivity index (χ3v) is 5.46. The minimum atomic E-state index is -4.03. The smallest absolute Gasteiger partial charge is 0.270 e. The zero-order valence-electron chi connectivity index (χ0n) is 15.4. The Morgan fingerprint density at radius 3 is 2.30 bits per heavy atom. The second kappa shape index (κ2) is 8.58. The van der Waals surface area contributed by atoms with Crippen molar-refractivity contribution in [1.82, 2.24) is 0 Å². The summed E-state index contributed by atoms with van der Waals surface area (Å²) in [6, 6.07) is 16.8. The van der Waals surface area contributed by atoms with E-state index in [4.69, 9.17) is 0 Å². The molecule has 0 radical (unpaired) electrons. The molecule has 3 aromatic rings. The number of hydrogen-bond donors (Lipinski definition) is 2. The van der Waals surface area contributed by atoms with Gasteiger partial charge in [0.05, 0.1) is 9.82 Å². The van der Waals surface area contributed by atoms with Crippen LogP contribution in [0.5, 0.6) is 5.75 Å². The van der Waals surface area contributed by atoms with Crippen molar-refractivity contribution >= 4 is 33.3 Å². The molecular formula is C21H16N2O6S. The first kappa shape index (κ1) is 20.7. The lowest BCUT2D eigenvalue weighted by molar-refractivity contribution is -0.385. The Balaban J connectivity index is 1.72. The van der Waals surface area contributed by atoms with Gasteiger partial charge in [-0.2, -0.15) is 0 Å². The van der Waals surface area contributed by atoms with Gasteiger partial charge in [-0.1, -0.05) is 24.3 Å². The number of non-ortho nitro benzene ring substituents is 1. The maximum Gasteiger partial charge on any atom is 0.270 e. The number of benzene rings is 3. The van der Waals surface area contributed by atoms with Gasteiger partial charge in [0, 0.05) is 23.4 Å². The Hall–Kier alpha value is -3.98. The van der Waals surface area contributed by atoms with Crippen LogP contribution in [0.15, 0.2) is 83.8 Å². The van der Waals surface area contributed by atoms with E-state index in [1.54, 1.807) is 18.2 Å². The molecule has 0 amide bonds. The monoisotopic (exact) mass is 424 g/mol. The van der Waals surface area contributed by atoms with E-state index in [9.17, 15) is 28.4 Å².